The first kappa shape index (κ1) is 27.9. The number of rotatable bonds is 10. The molecule has 2 unspecified atom stereocenters. The molecule has 0 aliphatic carbocycles. The number of carbonyl (C=O) groups excluding carboxylic acids is 4. The van der Waals surface area contributed by atoms with Crippen LogP contribution in [0.4, 0.5) is 10.5 Å². The van der Waals surface area contributed by atoms with Crippen LogP contribution < -0.4 is 27.0 Å². The maximum absolute atomic E-state index is 12.8. The second kappa shape index (κ2) is 14.8. The summed E-state index contributed by atoms with van der Waals surface area (Å²) in [4.78, 5) is 47.6. The van der Waals surface area contributed by atoms with Crippen LogP contribution in [0.1, 0.15) is 53.0 Å². The van der Waals surface area contributed by atoms with Crippen LogP contribution in [0.15, 0.2) is 24.3 Å². The average molecular weight is 436 g/mol. The number of anilines is 1. The van der Waals surface area contributed by atoms with Crippen molar-refractivity contribution in [2.45, 2.75) is 66.5 Å². The molecule has 0 saturated carbocycles. The van der Waals surface area contributed by atoms with Crippen molar-refractivity contribution in [3.05, 3.63) is 29.8 Å². The summed E-state index contributed by atoms with van der Waals surface area (Å²) in [7, 11) is 0. The van der Waals surface area contributed by atoms with Crippen LogP contribution in [-0.4, -0.2) is 42.4 Å². The van der Waals surface area contributed by atoms with E-state index in [2.05, 4.69) is 21.3 Å². The number of carbonyl (C=O) groups is 4. The van der Waals surface area contributed by atoms with E-state index < -0.39 is 24.0 Å². The molecular formula is C22H37N5O4. The molecule has 9 nitrogen and oxygen atoms in total. The van der Waals surface area contributed by atoms with Crippen LogP contribution in [0.5, 0.6) is 0 Å². The van der Waals surface area contributed by atoms with E-state index in [1.807, 2.05) is 32.9 Å². The number of hydrogen-bond acceptors (Lipinski definition) is 4. The number of urea groups is 1. The zero-order chi connectivity index (χ0) is 24.0. The topological polar surface area (TPSA) is 142 Å². The molecule has 5 amide bonds. The molecule has 0 aliphatic heterocycles. The SMILES string of the molecule is CC.CC(=O)NC(C(=O)NC(CCCNC(N)=O)C(=O)Nc1ccc(C)cc1)C(C)C. The van der Waals surface area contributed by atoms with E-state index in [0.717, 1.165) is 5.56 Å². The van der Waals surface area contributed by atoms with Gasteiger partial charge in [-0.15, -0.1) is 0 Å². The number of primary amides is 1. The molecule has 0 heterocycles. The smallest absolute Gasteiger partial charge is 0.312 e. The highest BCUT2D eigenvalue weighted by Crippen LogP contribution is 2.11. The summed E-state index contributed by atoms with van der Waals surface area (Å²) in [6.45, 7) is 11.2. The molecule has 0 fully saturated rings. The van der Waals surface area contributed by atoms with Crippen molar-refractivity contribution in [3.8, 4) is 0 Å². The van der Waals surface area contributed by atoms with Gasteiger partial charge in [0.2, 0.25) is 17.7 Å². The Bertz CT molecular complexity index is 719. The molecule has 174 valence electrons. The third-order valence-electron chi connectivity index (χ3n) is 4.23. The molecule has 6 N–H and O–H groups in total. The molecule has 9 heteroatoms. The number of aryl methyl sites for hydroxylation is 1. The lowest BCUT2D eigenvalue weighted by Gasteiger charge is -2.25. The molecule has 0 bridgehead atoms. The van der Waals surface area contributed by atoms with E-state index in [1.54, 1.807) is 26.0 Å². The lowest BCUT2D eigenvalue weighted by Crippen LogP contribution is -2.54. The van der Waals surface area contributed by atoms with Crippen LogP contribution in [-0.2, 0) is 14.4 Å². The van der Waals surface area contributed by atoms with Gasteiger partial charge >= 0.3 is 6.03 Å². The van der Waals surface area contributed by atoms with Gasteiger partial charge in [-0.05, 0) is 37.8 Å². The van der Waals surface area contributed by atoms with Crippen molar-refractivity contribution in [3.63, 3.8) is 0 Å². The fourth-order valence-corrected chi connectivity index (χ4v) is 2.67. The molecule has 31 heavy (non-hydrogen) atoms. The Morgan fingerprint density at radius 1 is 0.968 bits per heavy atom. The van der Waals surface area contributed by atoms with Crippen molar-refractivity contribution < 1.29 is 19.2 Å². The Kier molecular flexibility index (Phi) is 13.3. The van der Waals surface area contributed by atoms with Crippen molar-refractivity contribution in [2.75, 3.05) is 11.9 Å². The van der Waals surface area contributed by atoms with E-state index in [4.69, 9.17) is 5.73 Å². The minimum absolute atomic E-state index is 0.156. The monoisotopic (exact) mass is 435 g/mol. The van der Waals surface area contributed by atoms with Crippen LogP contribution in [0.25, 0.3) is 0 Å². The molecule has 0 aliphatic rings. The predicted molar refractivity (Wildman–Crippen MR) is 122 cm³/mol. The number of amides is 5. The minimum Gasteiger partial charge on any atom is -0.352 e. The molecule has 1 aromatic rings. The van der Waals surface area contributed by atoms with Crippen LogP contribution in [0, 0.1) is 12.8 Å². The number of nitrogens with one attached hydrogen (secondary N) is 4. The summed E-state index contributed by atoms with van der Waals surface area (Å²) < 4.78 is 0. The van der Waals surface area contributed by atoms with E-state index >= 15 is 0 Å². The lowest BCUT2D eigenvalue weighted by atomic mass is 10.0. The first-order chi connectivity index (χ1) is 14.6. The van der Waals surface area contributed by atoms with Crippen molar-refractivity contribution >= 4 is 29.4 Å². The fraction of sp³-hybridized carbons (Fsp3) is 0.545. The van der Waals surface area contributed by atoms with Gasteiger partial charge in [0.05, 0.1) is 0 Å². The number of nitrogens with two attached hydrogens (primary N) is 1. The van der Waals surface area contributed by atoms with Gasteiger partial charge in [-0.25, -0.2) is 4.79 Å². The molecule has 2 atom stereocenters. The van der Waals surface area contributed by atoms with Crippen LogP contribution in [0.3, 0.4) is 0 Å². The first-order valence-electron chi connectivity index (χ1n) is 10.6. The standard InChI is InChI=1S/C20H31N5O4.C2H6/c1-12(2)17(23-14(4)26)19(28)25-16(6-5-11-22-20(21)29)18(27)24-15-9-7-13(3)8-10-15;1-2/h7-10,12,16-17H,5-6,11H2,1-4H3,(H,23,26)(H,24,27)(H,25,28)(H3,21,22,29);1-2H3. The van der Waals surface area contributed by atoms with Gasteiger partial charge in [0.1, 0.15) is 12.1 Å². The number of benzene rings is 1. The largest absolute Gasteiger partial charge is 0.352 e. The van der Waals surface area contributed by atoms with E-state index in [0.29, 0.717) is 12.1 Å². The van der Waals surface area contributed by atoms with E-state index in [-0.39, 0.29) is 30.7 Å². The third kappa shape index (κ3) is 11.6. The maximum Gasteiger partial charge on any atom is 0.312 e. The number of hydrogen-bond donors (Lipinski definition) is 5. The highest BCUT2D eigenvalue weighted by Gasteiger charge is 2.28. The highest BCUT2D eigenvalue weighted by atomic mass is 16.2. The van der Waals surface area contributed by atoms with Crippen LogP contribution >= 0.6 is 0 Å². The third-order valence-corrected chi connectivity index (χ3v) is 4.23. The van der Waals surface area contributed by atoms with Crippen molar-refractivity contribution in [2.24, 2.45) is 11.7 Å². The molecule has 1 rings (SSSR count). The van der Waals surface area contributed by atoms with Gasteiger partial charge < -0.3 is 27.0 Å². The Morgan fingerprint density at radius 2 is 1.55 bits per heavy atom. The van der Waals surface area contributed by atoms with Gasteiger partial charge in [0.25, 0.3) is 0 Å². The fourth-order valence-electron chi connectivity index (χ4n) is 2.67. The first-order valence-corrected chi connectivity index (χ1v) is 10.6. The summed E-state index contributed by atoms with van der Waals surface area (Å²) in [5.41, 5.74) is 6.71. The van der Waals surface area contributed by atoms with E-state index in [1.165, 1.54) is 6.92 Å². The van der Waals surface area contributed by atoms with Crippen LogP contribution in [0.2, 0.25) is 0 Å². The summed E-state index contributed by atoms with van der Waals surface area (Å²) in [5, 5.41) is 10.6. The van der Waals surface area contributed by atoms with Gasteiger partial charge in [0, 0.05) is 19.2 Å². The van der Waals surface area contributed by atoms with Gasteiger partial charge in [-0.2, -0.15) is 0 Å². The van der Waals surface area contributed by atoms with Gasteiger partial charge in [0.15, 0.2) is 0 Å². The molecule has 1 aromatic carbocycles. The normalized spacial score (nSPS) is 12.0. The summed E-state index contributed by atoms with van der Waals surface area (Å²) in [5.74, 6) is -1.31. The summed E-state index contributed by atoms with van der Waals surface area (Å²) in [6.07, 6.45) is 0.719. The highest BCUT2D eigenvalue weighted by molar-refractivity contribution is 5.98. The Balaban J connectivity index is 0.00000436. The van der Waals surface area contributed by atoms with Crippen molar-refractivity contribution in [1.82, 2.24) is 16.0 Å². The zero-order valence-electron chi connectivity index (χ0n) is 19.4. The zero-order valence-corrected chi connectivity index (χ0v) is 19.4. The predicted octanol–water partition coefficient (Wildman–Crippen LogP) is 2.05. The average Bonchev–Trinajstić information content (AvgIpc) is 2.70. The summed E-state index contributed by atoms with van der Waals surface area (Å²) >= 11 is 0. The van der Waals surface area contributed by atoms with Gasteiger partial charge in [-0.3, -0.25) is 14.4 Å². The van der Waals surface area contributed by atoms with Crippen molar-refractivity contribution in [1.29, 1.82) is 0 Å². The molecule has 0 aromatic heterocycles. The minimum atomic E-state index is -0.839. The Morgan fingerprint density at radius 3 is 2.03 bits per heavy atom. The maximum atomic E-state index is 12.8. The quantitative estimate of drug-likeness (QED) is 0.358. The second-order valence-electron chi connectivity index (χ2n) is 7.27. The lowest BCUT2D eigenvalue weighted by molar-refractivity contribution is -0.131. The Hall–Kier alpha value is -3.10. The molecular weight excluding hydrogens is 398 g/mol. The molecule has 0 spiro atoms. The van der Waals surface area contributed by atoms with Gasteiger partial charge in [-0.1, -0.05) is 45.4 Å². The van der Waals surface area contributed by atoms with E-state index in [9.17, 15) is 19.2 Å². The summed E-state index contributed by atoms with van der Waals surface area (Å²) in [6, 6.07) is 5.03. The Labute approximate surface area is 184 Å². The molecule has 0 radical (unpaired) electrons. The second-order valence-corrected chi connectivity index (χ2v) is 7.27. The molecule has 0 saturated heterocycles.